The van der Waals surface area contributed by atoms with Crippen LogP contribution in [0.15, 0.2) is 24.3 Å². The first-order valence-electron chi connectivity index (χ1n) is 5.08. The van der Waals surface area contributed by atoms with Crippen LogP contribution in [-0.2, 0) is 11.8 Å². The van der Waals surface area contributed by atoms with Gasteiger partial charge in [0.05, 0.1) is 11.4 Å². The molecule has 2 heteroatoms. The first kappa shape index (κ1) is 9.25. The Bertz CT molecular complexity index is 394. The molecule has 2 nitrogen and oxygen atoms in total. The van der Waals surface area contributed by atoms with E-state index >= 15 is 0 Å². The molecule has 0 unspecified atom stereocenters. The largest absolute Gasteiger partial charge is 0.244 e. The third-order valence-corrected chi connectivity index (χ3v) is 2.66. The summed E-state index contributed by atoms with van der Waals surface area (Å²) in [5.41, 5.74) is 2.50. The summed E-state index contributed by atoms with van der Waals surface area (Å²) in [6.45, 7) is 6.56. The van der Waals surface area contributed by atoms with Crippen molar-refractivity contribution in [1.82, 2.24) is 9.78 Å². The number of fused-ring (bicyclic) bond motifs is 1. The second kappa shape index (κ2) is 3.12. The highest BCUT2D eigenvalue weighted by Gasteiger charge is 2.23. The first-order chi connectivity index (χ1) is 6.63. The van der Waals surface area contributed by atoms with Gasteiger partial charge in [-0.2, -0.15) is 5.10 Å². The summed E-state index contributed by atoms with van der Waals surface area (Å²) in [6, 6.07) is 2.19. The van der Waals surface area contributed by atoms with E-state index in [1.54, 1.807) is 0 Å². The topological polar surface area (TPSA) is 17.8 Å². The summed E-state index contributed by atoms with van der Waals surface area (Å²) >= 11 is 0. The van der Waals surface area contributed by atoms with Gasteiger partial charge in [0, 0.05) is 11.6 Å². The van der Waals surface area contributed by atoms with E-state index in [2.05, 4.69) is 44.1 Å². The van der Waals surface area contributed by atoms with E-state index in [1.807, 2.05) is 17.0 Å². The zero-order valence-corrected chi connectivity index (χ0v) is 8.99. The van der Waals surface area contributed by atoms with Crippen LogP contribution < -0.4 is 0 Å². The van der Waals surface area contributed by atoms with E-state index in [4.69, 9.17) is 0 Å². The molecular weight excluding hydrogens is 172 g/mol. The van der Waals surface area contributed by atoms with Crippen molar-refractivity contribution in [3.63, 3.8) is 0 Å². The Morgan fingerprint density at radius 2 is 2.14 bits per heavy atom. The zero-order chi connectivity index (χ0) is 10.2. The smallest absolute Gasteiger partial charge is 0.0629 e. The van der Waals surface area contributed by atoms with Crippen LogP contribution in [0, 0.1) is 0 Å². The highest BCUT2D eigenvalue weighted by molar-refractivity contribution is 5.39. The van der Waals surface area contributed by atoms with Crippen LogP contribution in [0.4, 0.5) is 0 Å². The van der Waals surface area contributed by atoms with Crippen molar-refractivity contribution < 1.29 is 0 Å². The third-order valence-electron chi connectivity index (χ3n) is 2.66. The standard InChI is InChI=1S/C12H16N2/c1-4-10-9-11-12(2,3)7-5-6-8-14(11)13-10/h5-9H,4H2,1-3H3. The van der Waals surface area contributed by atoms with Crippen LogP contribution in [0.25, 0.3) is 6.20 Å². The van der Waals surface area contributed by atoms with E-state index in [1.165, 1.54) is 5.69 Å². The molecule has 0 spiro atoms. The van der Waals surface area contributed by atoms with Crippen molar-refractivity contribution >= 4 is 6.20 Å². The molecule has 1 aromatic heterocycles. The quantitative estimate of drug-likeness (QED) is 0.662. The van der Waals surface area contributed by atoms with Crippen molar-refractivity contribution in [1.29, 1.82) is 0 Å². The lowest BCUT2D eigenvalue weighted by molar-refractivity contribution is 0.619. The number of aromatic nitrogens is 2. The summed E-state index contributed by atoms with van der Waals surface area (Å²) in [6.07, 6.45) is 9.34. The number of nitrogens with zero attached hydrogens (tertiary/aromatic N) is 2. The predicted molar refractivity (Wildman–Crippen MR) is 59.1 cm³/mol. The minimum absolute atomic E-state index is 0.0733. The molecular formula is C12H16N2. The molecule has 0 aromatic carbocycles. The Hall–Kier alpha value is -1.31. The molecule has 0 bridgehead atoms. The van der Waals surface area contributed by atoms with Crippen molar-refractivity contribution in [2.45, 2.75) is 32.6 Å². The number of hydrogen-bond acceptors (Lipinski definition) is 1. The average Bonchev–Trinajstić information content (AvgIpc) is 2.51. The molecule has 0 fully saturated rings. The van der Waals surface area contributed by atoms with Gasteiger partial charge in [-0.1, -0.05) is 32.9 Å². The van der Waals surface area contributed by atoms with Crippen LogP contribution in [0.1, 0.15) is 32.2 Å². The molecule has 1 aliphatic rings. The summed E-state index contributed by atoms with van der Waals surface area (Å²) in [5.74, 6) is 0. The van der Waals surface area contributed by atoms with Gasteiger partial charge in [0.1, 0.15) is 0 Å². The third kappa shape index (κ3) is 1.41. The number of rotatable bonds is 1. The summed E-state index contributed by atoms with van der Waals surface area (Å²) in [7, 11) is 0. The van der Waals surface area contributed by atoms with Gasteiger partial charge < -0.3 is 0 Å². The second-order valence-electron chi connectivity index (χ2n) is 4.24. The Labute approximate surface area is 84.9 Å². The lowest BCUT2D eigenvalue weighted by Crippen LogP contribution is -2.16. The average molecular weight is 188 g/mol. The van der Waals surface area contributed by atoms with E-state index < -0.39 is 0 Å². The number of allylic oxidation sites excluding steroid dienone is 3. The molecule has 2 rings (SSSR count). The van der Waals surface area contributed by atoms with Gasteiger partial charge in [-0.05, 0) is 18.6 Å². The molecule has 14 heavy (non-hydrogen) atoms. The van der Waals surface area contributed by atoms with Crippen molar-refractivity contribution in [3.8, 4) is 0 Å². The molecule has 0 aliphatic carbocycles. The van der Waals surface area contributed by atoms with E-state index in [-0.39, 0.29) is 5.41 Å². The van der Waals surface area contributed by atoms with Crippen molar-refractivity contribution in [2.24, 2.45) is 0 Å². The highest BCUT2D eigenvalue weighted by Crippen LogP contribution is 2.27. The lowest BCUT2D eigenvalue weighted by atomic mass is 9.89. The summed E-state index contributed by atoms with van der Waals surface area (Å²) in [5, 5.41) is 4.51. The van der Waals surface area contributed by atoms with E-state index in [9.17, 15) is 0 Å². The molecule has 0 radical (unpaired) electrons. The monoisotopic (exact) mass is 188 g/mol. The van der Waals surface area contributed by atoms with Crippen LogP contribution in [0.5, 0.6) is 0 Å². The maximum Gasteiger partial charge on any atom is 0.0629 e. The molecule has 2 heterocycles. The van der Waals surface area contributed by atoms with E-state index in [0.717, 1.165) is 12.1 Å². The maximum absolute atomic E-state index is 4.51. The number of aryl methyl sites for hydroxylation is 1. The molecule has 0 N–H and O–H groups in total. The molecule has 0 amide bonds. The van der Waals surface area contributed by atoms with E-state index in [0.29, 0.717) is 0 Å². The predicted octanol–water partition coefficient (Wildman–Crippen LogP) is 2.76. The fraction of sp³-hybridized carbons (Fsp3) is 0.417. The van der Waals surface area contributed by atoms with Gasteiger partial charge in [0.2, 0.25) is 0 Å². The molecule has 0 saturated carbocycles. The molecule has 1 aliphatic heterocycles. The Morgan fingerprint density at radius 1 is 1.36 bits per heavy atom. The molecule has 1 aromatic rings. The fourth-order valence-electron chi connectivity index (χ4n) is 1.73. The van der Waals surface area contributed by atoms with Gasteiger partial charge in [0.15, 0.2) is 0 Å². The lowest BCUT2D eigenvalue weighted by Gasteiger charge is -2.18. The molecule has 0 atom stereocenters. The fourth-order valence-corrected chi connectivity index (χ4v) is 1.73. The van der Waals surface area contributed by atoms with Gasteiger partial charge in [-0.15, -0.1) is 0 Å². The maximum atomic E-state index is 4.51. The zero-order valence-electron chi connectivity index (χ0n) is 8.99. The summed E-state index contributed by atoms with van der Waals surface area (Å²) < 4.78 is 1.98. The van der Waals surface area contributed by atoms with Gasteiger partial charge >= 0.3 is 0 Å². The minimum Gasteiger partial charge on any atom is -0.244 e. The second-order valence-corrected chi connectivity index (χ2v) is 4.24. The first-order valence-corrected chi connectivity index (χ1v) is 5.08. The van der Waals surface area contributed by atoms with Gasteiger partial charge in [-0.3, -0.25) is 0 Å². The van der Waals surface area contributed by atoms with Crippen molar-refractivity contribution in [3.05, 3.63) is 35.7 Å². The van der Waals surface area contributed by atoms with Gasteiger partial charge in [0.25, 0.3) is 0 Å². The van der Waals surface area contributed by atoms with Crippen molar-refractivity contribution in [2.75, 3.05) is 0 Å². The van der Waals surface area contributed by atoms with Gasteiger partial charge in [-0.25, -0.2) is 4.68 Å². The normalized spacial score (nSPS) is 17.9. The Balaban J connectivity index is 2.56. The van der Waals surface area contributed by atoms with Crippen LogP contribution in [0.2, 0.25) is 0 Å². The SMILES string of the molecule is CCc1cc2n(n1)C=CC=CC2(C)C. The summed E-state index contributed by atoms with van der Waals surface area (Å²) in [4.78, 5) is 0. The number of hydrogen-bond donors (Lipinski definition) is 0. The van der Waals surface area contributed by atoms with Crippen LogP contribution >= 0.6 is 0 Å². The van der Waals surface area contributed by atoms with Crippen LogP contribution in [-0.4, -0.2) is 9.78 Å². The Morgan fingerprint density at radius 3 is 2.86 bits per heavy atom. The molecule has 0 saturated heterocycles. The minimum atomic E-state index is 0.0733. The Kier molecular flexibility index (Phi) is 2.06. The molecule has 74 valence electrons. The highest BCUT2D eigenvalue weighted by atomic mass is 15.3. The van der Waals surface area contributed by atoms with Crippen LogP contribution in [0.3, 0.4) is 0 Å².